The quantitative estimate of drug-likeness (QED) is 0.927. The molecule has 1 aliphatic rings. The van der Waals surface area contributed by atoms with E-state index in [9.17, 15) is 17.2 Å². The van der Waals surface area contributed by atoms with Crippen LogP contribution in [0.25, 0.3) is 0 Å². The predicted octanol–water partition coefficient (Wildman–Crippen LogP) is 2.38. The highest BCUT2D eigenvalue weighted by Crippen LogP contribution is 2.34. The maximum atomic E-state index is 14.0. The lowest BCUT2D eigenvalue weighted by Gasteiger charge is -2.27. The summed E-state index contributed by atoms with van der Waals surface area (Å²) >= 11 is 0. The van der Waals surface area contributed by atoms with Gasteiger partial charge in [0.15, 0.2) is 11.6 Å². The molecule has 2 unspecified atom stereocenters. The highest BCUT2D eigenvalue weighted by atomic mass is 32.2. The molecule has 21 heavy (non-hydrogen) atoms. The molecule has 0 saturated carbocycles. The summed E-state index contributed by atoms with van der Waals surface area (Å²) in [4.78, 5) is -0.616. The van der Waals surface area contributed by atoms with Crippen LogP contribution in [0.15, 0.2) is 17.0 Å². The van der Waals surface area contributed by atoms with Crippen LogP contribution in [0.2, 0.25) is 0 Å². The van der Waals surface area contributed by atoms with Gasteiger partial charge in [0.25, 0.3) is 0 Å². The highest BCUT2D eigenvalue weighted by molar-refractivity contribution is 7.89. The van der Waals surface area contributed by atoms with E-state index in [1.165, 1.54) is 4.31 Å². The number of halogens is 2. The van der Waals surface area contributed by atoms with Gasteiger partial charge in [-0.05, 0) is 43.9 Å². The molecule has 0 spiro atoms. The Labute approximate surface area is 124 Å². The second-order valence-corrected chi connectivity index (χ2v) is 7.23. The second kappa shape index (κ2) is 5.98. The van der Waals surface area contributed by atoms with Gasteiger partial charge in [-0.25, -0.2) is 17.2 Å². The number of hydrogen-bond acceptors (Lipinski definition) is 3. The lowest BCUT2D eigenvalue weighted by Crippen LogP contribution is -2.40. The Morgan fingerprint density at radius 2 is 2.00 bits per heavy atom. The Morgan fingerprint density at radius 1 is 1.33 bits per heavy atom. The molecule has 7 heteroatoms. The van der Waals surface area contributed by atoms with Crippen LogP contribution < -0.4 is 5.73 Å². The minimum Gasteiger partial charge on any atom is -0.326 e. The SMILES string of the molecule is CCC1CCC(C)N1S(=O)(=O)c1cc(CN)cc(F)c1F. The standard InChI is InChI=1S/C14H20F2N2O2S/c1-3-11-5-4-9(2)18(11)21(19,20)13-7-10(8-17)6-12(15)14(13)16/h6-7,9,11H,3-5,8,17H2,1-2H3. The highest BCUT2D eigenvalue weighted by Gasteiger charge is 2.40. The summed E-state index contributed by atoms with van der Waals surface area (Å²) < 4.78 is 54.4. The van der Waals surface area contributed by atoms with Gasteiger partial charge in [-0.3, -0.25) is 0 Å². The normalized spacial score (nSPS) is 23.7. The van der Waals surface area contributed by atoms with Gasteiger partial charge < -0.3 is 5.73 Å². The van der Waals surface area contributed by atoms with Crippen molar-refractivity contribution in [3.63, 3.8) is 0 Å². The monoisotopic (exact) mass is 318 g/mol. The van der Waals surface area contributed by atoms with E-state index < -0.39 is 26.6 Å². The number of nitrogens with two attached hydrogens (primary N) is 1. The summed E-state index contributed by atoms with van der Waals surface area (Å²) in [6.07, 6.45) is 2.10. The molecule has 1 saturated heterocycles. The van der Waals surface area contributed by atoms with Gasteiger partial charge in [-0.15, -0.1) is 0 Å². The van der Waals surface area contributed by atoms with E-state index in [-0.39, 0.29) is 24.2 Å². The van der Waals surface area contributed by atoms with Crippen LogP contribution in [0.3, 0.4) is 0 Å². The summed E-state index contributed by atoms with van der Waals surface area (Å²) in [6.45, 7) is 3.62. The van der Waals surface area contributed by atoms with Crippen LogP contribution >= 0.6 is 0 Å². The third kappa shape index (κ3) is 2.82. The smallest absolute Gasteiger partial charge is 0.246 e. The predicted molar refractivity (Wildman–Crippen MR) is 76.0 cm³/mol. The first-order valence-corrected chi connectivity index (χ1v) is 8.48. The number of rotatable bonds is 4. The molecule has 1 aromatic carbocycles. The molecule has 2 atom stereocenters. The van der Waals surface area contributed by atoms with Crippen molar-refractivity contribution in [2.75, 3.05) is 0 Å². The van der Waals surface area contributed by atoms with Crippen molar-refractivity contribution >= 4 is 10.0 Å². The van der Waals surface area contributed by atoms with Crippen molar-refractivity contribution in [2.45, 2.75) is 56.6 Å². The van der Waals surface area contributed by atoms with Gasteiger partial charge in [0.05, 0.1) is 0 Å². The molecule has 2 rings (SSSR count). The number of hydrogen-bond donors (Lipinski definition) is 1. The van der Waals surface area contributed by atoms with E-state index in [0.29, 0.717) is 6.42 Å². The third-order valence-corrected chi connectivity index (χ3v) is 6.09. The van der Waals surface area contributed by atoms with Gasteiger partial charge in [-0.2, -0.15) is 4.31 Å². The fourth-order valence-electron chi connectivity index (χ4n) is 2.90. The number of benzene rings is 1. The Hall–Kier alpha value is -1.05. The lowest BCUT2D eigenvalue weighted by atomic mass is 10.2. The first-order valence-electron chi connectivity index (χ1n) is 7.04. The van der Waals surface area contributed by atoms with Crippen molar-refractivity contribution in [1.82, 2.24) is 4.31 Å². The number of sulfonamides is 1. The van der Waals surface area contributed by atoms with Gasteiger partial charge in [-0.1, -0.05) is 6.92 Å². The zero-order chi connectivity index (χ0) is 15.8. The molecule has 1 heterocycles. The van der Waals surface area contributed by atoms with Crippen LogP contribution in [-0.2, 0) is 16.6 Å². The molecule has 0 aliphatic carbocycles. The average molecular weight is 318 g/mol. The molecular weight excluding hydrogens is 298 g/mol. The van der Waals surface area contributed by atoms with Crippen molar-refractivity contribution < 1.29 is 17.2 Å². The van der Waals surface area contributed by atoms with Crippen molar-refractivity contribution in [1.29, 1.82) is 0 Å². The van der Waals surface area contributed by atoms with E-state index in [4.69, 9.17) is 5.73 Å². The summed E-state index contributed by atoms with van der Waals surface area (Å²) in [5, 5.41) is 0. The number of nitrogens with zero attached hydrogens (tertiary/aromatic N) is 1. The summed E-state index contributed by atoms with van der Waals surface area (Å²) in [5.41, 5.74) is 5.67. The first-order chi connectivity index (χ1) is 9.82. The molecule has 1 aliphatic heterocycles. The topological polar surface area (TPSA) is 63.4 Å². The fraction of sp³-hybridized carbons (Fsp3) is 0.571. The molecule has 0 radical (unpaired) electrons. The van der Waals surface area contributed by atoms with Gasteiger partial charge in [0.1, 0.15) is 4.90 Å². The maximum Gasteiger partial charge on any atom is 0.246 e. The van der Waals surface area contributed by atoms with Gasteiger partial charge >= 0.3 is 0 Å². The zero-order valence-electron chi connectivity index (χ0n) is 12.1. The molecule has 118 valence electrons. The third-order valence-electron chi connectivity index (χ3n) is 4.03. The van der Waals surface area contributed by atoms with Crippen LogP contribution in [-0.4, -0.2) is 24.8 Å². The van der Waals surface area contributed by atoms with Crippen molar-refractivity contribution in [2.24, 2.45) is 5.73 Å². The first kappa shape index (κ1) is 16.3. The molecule has 0 bridgehead atoms. The molecule has 0 amide bonds. The summed E-state index contributed by atoms with van der Waals surface area (Å²) in [6, 6.07) is 1.67. The molecule has 0 aromatic heterocycles. The Morgan fingerprint density at radius 3 is 2.57 bits per heavy atom. The molecular formula is C14H20F2N2O2S. The minimum absolute atomic E-state index is 0.0491. The van der Waals surface area contributed by atoms with E-state index >= 15 is 0 Å². The largest absolute Gasteiger partial charge is 0.326 e. The van der Waals surface area contributed by atoms with E-state index in [0.717, 1.165) is 25.0 Å². The van der Waals surface area contributed by atoms with Gasteiger partial charge in [0, 0.05) is 18.6 Å². The van der Waals surface area contributed by atoms with Crippen molar-refractivity contribution in [3.05, 3.63) is 29.3 Å². The Kier molecular flexibility index (Phi) is 4.65. The van der Waals surface area contributed by atoms with Crippen LogP contribution in [0.1, 0.15) is 38.7 Å². The Bertz CT molecular complexity index is 634. The lowest BCUT2D eigenvalue weighted by molar-refractivity contribution is 0.326. The van der Waals surface area contributed by atoms with E-state index in [2.05, 4.69) is 0 Å². The summed E-state index contributed by atoms with van der Waals surface area (Å²) in [5.74, 6) is -2.52. The summed E-state index contributed by atoms with van der Waals surface area (Å²) in [7, 11) is -4.07. The van der Waals surface area contributed by atoms with E-state index in [1.54, 1.807) is 6.92 Å². The van der Waals surface area contributed by atoms with Crippen LogP contribution in [0.4, 0.5) is 8.78 Å². The molecule has 1 fully saturated rings. The van der Waals surface area contributed by atoms with Crippen LogP contribution in [0.5, 0.6) is 0 Å². The minimum atomic E-state index is -4.07. The average Bonchev–Trinajstić information content (AvgIpc) is 2.83. The fourth-order valence-corrected chi connectivity index (χ4v) is 4.98. The van der Waals surface area contributed by atoms with Crippen LogP contribution in [0, 0.1) is 11.6 Å². The molecule has 2 N–H and O–H groups in total. The second-order valence-electron chi connectivity index (χ2n) is 5.42. The van der Waals surface area contributed by atoms with E-state index in [1.807, 2.05) is 6.92 Å². The van der Waals surface area contributed by atoms with Crippen molar-refractivity contribution in [3.8, 4) is 0 Å². The Balaban J connectivity index is 2.56. The maximum absolute atomic E-state index is 14.0. The molecule has 1 aromatic rings. The van der Waals surface area contributed by atoms with Gasteiger partial charge in [0.2, 0.25) is 10.0 Å². The molecule has 4 nitrogen and oxygen atoms in total. The zero-order valence-corrected chi connectivity index (χ0v) is 13.0.